The SMILES string of the molecule is CCc1cc(C(=O)c2cncc(F)c2)n(CC)n1. The zero-order valence-electron chi connectivity index (χ0n) is 10.4. The summed E-state index contributed by atoms with van der Waals surface area (Å²) in [5.74, 6) is -0.768. The Hall–Kier alpha value is -2.04. The van der Waals surface area contributed by atoms with E-state index in [1.165, 1.54) is 12.3 Å². The fourth-order valence-electron chi connectivity index (χ4n) is 1.75. The van der Waals surface area contributed by atoms with E-state index in [1.54, 1.807) is 10.7 Å². The molecular weight excluding hydrogens is 233 g/mol. The van der Waals surface area contributed by atoms with Crippen LogP contribution in [0.4, 0.5) is 4.39 Å². The molecule has 4 nitrogen and oxygen atoms in total. The van der Waals surface area contributed by atoms with Crippen molar-refractivity contribution >= 4 is 5.78 Å². The molecule has 5 heteroatoms. The number of ketones is 1. The Kier molecular flexibility index (Phi) is 3.50. The molecule has 0 atom stereocenters. The molecule has 0 aromatic carbocycles. The molecule has 2 rings (SSSR count). The highest BCUT2D eigenvalue weighted by molar-refractivity contribution is 6.07. The van der Waals surface area contributed by atoms with Gasteiger partial charge in [0.1, 0.15) is 11.5 Å². The van der Waals surface area contributed by atoms with Gasteiger partial charge in [0.15, 0.2) is 0 Å². The Balaban J connectivity index is 2.42. The van der Waals surface area contributed by atoms with Crippen molar-refractivity contribution in [3.05, 3.63) is 47.3 Å². The molecule has 0 fully saturated rings. The molecule has 0 radical (unpaired) electrons. The van der Waals surface area contributed by atoms with E-state index in [4.69, 9.17) is 0 Å². The minimum atomic E-state index is -0.515. The first-order chi connectivity index (χ1) is 8.65. The monoisotopic (exact) mass is 247 g/mol. The number of aryl methyl sites for hydroxylation is 2. The number of carbonyl (C=O) groups is 1. The third kappa shape index (κ3) is 2.30. The average molecular weight is 247 g/mol. The van der Waals surface area contributed by atoms with Gasteiger partial charge < -0.3 is 0 Å². The van der Waals surface area contributed by atoms with Crippen LogP contribution in [0.5, 0.6) is 0 Å². The summed E-state index contributed by atoms with van der Waals surface area (Å²) in [6.45, 7) is 4.48. The Bertz CT molecular complexity index is 577. The quantitative estimate of drug-likeness (QED) is 0.778. The molecule has 2 heterocycles. The zero-order valence-corrected chi connectivity index (χ0v) is 10.4. The fourth-order valence-corrected chi connectivity index (χ4v) is 1.75. The maximum atomic E-state index is 13.1. The van der Waals surface area contributed by atoms with Gasteiger partial charge in [0.25, 0.3) is 0 Å². The van der Waals surface area contributed by atoms with Crippen LogP contribution in [-0.4, -0.2) is 20.5 Å². The minimum absolute atomic E-state index is 0.243. The first kappa shape index (κ1) is 12.4. The van der Waals surface area contributed by atoms with Crippen LogP contribution in [0.2, 0.25) is 0 Å². The molecule has 0 unspecified atom stereocenters. The van der Waals surface area contributed by atoms with Crippen LogP contribution >= 0.6 is 0 Å². The van der Waals surface area contributed by atoms with E-state index in [2.05, 4.69) is 10.1 Å². The van der Waals surface area contributed by atoms with E-state index in [0.717, 1.165) is 18.3 Å². The van der Waals surface area contributed by atoms with Crippen molar-refractivity contribution in [1.29, 1.82) is 0 Å². The van der Waals surface area contributed by atoms with E-state index >= 15 is 0 Å². The topological polar surface area (TPSA) is 47.8 Å². The van der Waals surface area contributed by atoms with Crippen LogP contribution in [-0.2, 0) is 13.0 Å². The van der Waals surface area contributed by atoms with Gasteiger partial charge >= 0.3 is 0 Å². The maximum Gasteiger partial charge on any atom is 0.212 e. The second-order valence-electron chi connectivity index (χ2n) is 3.91. The lowest BCUT2D eigenvalue weighted by atomic mass is 10.1. The number of carbonyl (C=O) groups excluding carboxylic acids is 1. The van der Waals surface area contributed by atoms with Crippen molar-refractivity contribution in [2.24, 2.45) is 0 Å². The van der Waals surface area contributed by atoms with Gasteiger partial charge in [0, 0.05) is 18.3 Å². The van der Waals surface area contributed by atoms with Crippen LogP contribution in [0.1, 0.15) is 35.6 Å². The van der Waals surface area contributed by atoms with Crippen LogP contribution in [0.25, 0.3) is 0 Å². The molecule has 0 saturated carbocycles. The summed E-state index contributed by atoms with van der Waals surface area (Å²) in [5.41, 5.74) is 1.57. The maximum absolute atomic E-state index is 13.1. The number of hydrogen-bond acceptors (Lipinski definition) is 3. The van der Waals surface area contributed by atoms with Crippen LogP contribution in [0.15, 0.2) is 24.5 Å². The van der Waals surface area contributed by atoms with E-state index in [1.807, 2.05) is 13.8 Å². The first-order valence-corrected chi connectivity index (χ1v) is 5.87. The van der Waals surface area contributed by atoms with Crippen molar-refractivity contribution in [1.82, 2.24) is 14.8 Å². The Morgan fingerprint density at radius 3 is 2.72 bits per heavy atom. The molecule has 0 saturated heterocycles. The van der Waals surface area contributed by atoms with Gasteiger partial charge in [-0.25, -0.2) is 4.39 Å². The number of nitrogens with zero attached hydrogens (tertiary/aromatic N) is 3. The van der Waals surface area contributed by atoms with E-state index in [-0.39, 0.29) is 11.3 Å². The summed E-state index contributed by atoms with van der Waals surface area (Å²) in [6.07, 6.45) is 3.20. The van der Waals surface area contributed by atoms with Gasteiger partial charge in [-0.2, -0.15) is 5.10 Å². The summed E-state index contributed by atoms with van der Waals surface area (Å²) in [4.78, 5) is 15.9. The fraction of sp³-hybridized carbons (Fsp3) is 0.308. The number of rotatable bonds is 4. The second kappa shape index (κ2) is 5.08. The molecular formula is C13H14FN3O. The van der Waals surface area contributed by atoms with Gasteiger partial charge in [0.2, 0.25) is 5.78 Å². The summed E-state index contributed by atoms with van der Waals surface area (Å²) in [7, 11) is 0. The molecule has 0 aliphatic rings. The minimum Gasteiger partial charge on any atom is -0.287 e. The zero-order chi connectivity index (χ0) is 13.1. The third-order valence-corrected chi connectivity index (χ3v) is 2.69. The molecule has 0 spiro atoms. The van der Waals surface area contributed by atoms with Gasteiger partial charge in [-0.3, -0.25) is 14.5 Å². The molecule has 18 heavy (non-hydrogen) atoms. The van der Waals surface area contributed by atoms with Gasteiger partial charge in [-0.1, -0.05) is 6.92 Å². The van der Waals surface area contributed by atoms with E-state index in [9.17, 15) is 9.18 Å². The van der Waals surface area contributed by atoms with Gasteiger partial charge in [-0.15, -0.1) is 0 Å². The first-order valence-electron chi connectivity index (χ1n) is 5.87. The smallest absolute Gasteiger partial charge is 0.212 e. The summed E-state index contributed by atoms with van der Waals surface area (Å²) < 4.78 is 14.7. The predicted molar refractivity (Wildman–Crippen MR) is 64.9 cm³/mol. The Morgan fingerprint density at radius 1 is 1.33 bits per heavy atom. The molecule has 0 bridgehead atoms. The third-order valence-electron chi connectivity index (χ3n) is 2.69. The highest BCUT2D eigenvalue weighted by Gasteiger charge is 2.16. The molecule has 2 aromatic rings. The normalized spacial score (nSPS) is 10.6. The van der Waals surface area contributed by atoms with Gasteiger partial charge in [0.05, 0.1) is 11.9 Å². The lowest BCUT2D eigenvalue weighted by Crippen LogP contribution is -2.11. The average Bonchev–Trinajstić information content (AvgIpc) is 2.81. The number of aromatic nitrogens is 3. The van der Waals surface area contributed by atoms with Crippen molar-refractivity contribution in [2.75, 3.05) is 0 Å². The lowest BCUT2D eigenvalue weighted by Gasteiger charge is -2.03. The highest BCUT2D eigenvalue weighted by atomic mass is 19.1. The van der Waals surface area contributed by atoms with E-state index < -0.39 is 5.82 Å². The second-order valence-corrected chi connectivity index (χ2v) is 3.91. The Labute approximate surface area is 104 Å². The van der Waals surface area contributed by atoms with Crippen LogP contribution < -0.4 is 0 Å². The molecule has 0 aliphatic heterocycles. The van der Waals surface area contributed by atoms with Crippen LogP contribution in [0, 0.1) is 5.82 Å². The molecule has 2 aromatic heterocycles. The molecule has 0 aliphatic carbocycles. The summed E-state index contributed by atoms with van der Waals surface area (Å²) >= 11 is 0. The number of pyridine rings is 1. The van der Waals surface area contributed by atoms with Gasteiger partial charge in [-0.05, 0) is 25.5 Å². The Morgan fingerprint density at radius 2 is 2.11 bits per heavy atom. The summed E-state index contributed by atoms with van der Waals surface area (Å²) in [5, 5.41) is 4.30. The molecule has 0 amide bonds. The van der Waals surface area contributed by atoms with Crippen molar-refractivity contribution in [2.45, 2.75) is 26.8 Å². The van der Waals surface area contributed by atoms with Crippen molar-refractivity contribution in [3.63, 3.8) is 0 Å². The van der Waals surface area contributed by atoms with Crippen molar-refractivity contribution in [3.8, 4) is 0 Å². The highest BCUT2D eigenvalue weighted by Crippen LogP contribution is 2.12. The molecule has 94 valence electrons. The predicted octanol–water partition coefficient (Wildman–Crippen LogP) is 2.23. The number of halogens is 1. The van der Waals surface area contributed by atoms with Crippen LogP contribution in [0.3, 0.4) is 0 Å². The number of hydrogen-bond donors (Lipinski definition) is 0. The summed E-state index contributed by atoms with van der Waals surface area (Å²) in [6, 6.07) is 2.94. The van der Waals surface area contributed by atoms with E-state index in [0.29, 0.717) is 12.2 Å². The molecule has 0 N–H and O–H groups in total. The standard InChI is InChI=1S/C13H14FN3O/c1-3-11-6-12(17(4-2)16-11)13(18)9-5-10(14)8-15-7-9/h5-8H,3-4H2,1-2H3. The van der Waals surface area contributed by atoms with Crippen molar-refractivity contribution < 1.29 is 9.18 Å². The lowest BCUT2D eigenvalue weighted by molar-refractivity contribution is 0.102. The largest absolute Gasteiger partial charge is 0.287 e.